The van der Waals surface area contributed by atoms with Crippen LogP contribution in [-0.4, -0.2) is 52.2 Å². The molecule has 0 bridgehead atoms. The van der Waals surface area contributed by atoms with Crippen LogP contribution in [-0.2, 0) is 0 Å². The summed E-state index contributed by atoms with van der Waals surface area (Å²) >= 11 is 6.29. The third-order valence-corrected chi connectivity index (χ3v) is 5.93. The van der Waals surface area contributed by atoms with Crippen LogP contribution in [0.25, 0.3) is 0 Å². The Bertz CT molecular complexity index is 931. The number of aliphatic hydroxyl groups is 1. The molecule has 4 rings (SSSR count). The van der Waals surface area contributed by atoms with Gasteiger partial charge in [0.1, 0.15) is 28.9 Å². The van der Waals surface area contributed by atoms with Gasteiger partial charge in [0.05, 0.1) is 12.5 Å². The van der Waals surface area contributed by atoms with Crippen LogP contribution in [0, 0.1) is 0 Å². The monoisotopic (exact) mass is 403 g/mol. The fraction of sp³-hybridized carbons (Fsp3) is 0.381. The standard InChI is InChI=1S/C21H22ClNO5/c1-23-7-6-14(24)12(10-23)19-15(25)8-16(26)20-17(27)9-18(28-21(19)20)11-4-2-3-5-13(11)22/h2-5,8,12,14,18,24-26H,6-7,9-10H2,1H3/t12-,14+,18?/m1/s1. The van der Waals surface area contributed by atoms with Gasteiger partial charge in [0.2, 0.25) is 0 Å². The number of aromatic hydroxyl groups is 2. The number of hydrogen-bond donors (Lipinski definition) is 3. The lowest BCUT2D eigenvalue weighted by atomic mass is 9.83. The third kappa shape index (κ3) is 3.21. The molecular weight excluding hydrogens is 382 g/mol. The number of Topliss-reactive ketones (excluding diaryl/α,β-unsaturated/α-hetero) is 1. The number of carbonyl (C=O) groups excluding carboxylic acids is 1. The van der Waals surface area contributed by atoms with Crippen molar-refractivity contribution < 1.29 is 24.9 Å². The first-order chi connectivity index (χ1) is 13.4. The molecule has 2 aromatic rings. The SMILES string of the molecule is CN1CC[C@H](O)[C@H](c2c(O)cc(O)c3c2OC(c2ccccc2Cl)CC3=O)C1. The van der Waals surface area contributed by atoms with E-state index in [9.17, 15) is 20.1 Å². The van der Waals surface area contributed by atoms with E-state index in [1.807, 2.05) is 18.0 Å². The molecule has 2 aliphatic rings. The molecule has 0 saturated carbocycles. The predicted molar refractivity (Wildman–Crippen MR) is 104 cm³/mol. The van der Waals surface area contributed by atoms with Crippen molar-refractivity contribution in [3.05, 3.63) is 52.0 Å². The lowest BCUT2D eigenvalue weighted by Gasteiger charge is -2.37. The van der Waals surface area contributed by atoms with Gasteiger partial charge in [-0.05, 0) is 19.5 Å². The first kappa shape index (κ1) is 19.1. The smallest absolute Gasteiger partial charge is 0.174 e. The molecule has 2 aliphatic heterocycles. The number of benzene rings is 2. The Balaban J connectivity index is 1.84. The summed E-state index contributed by atoms with van der Waals surface area (Å²) in [7, 11) is 1.93. The molecule has 7 heteroatoms. The molecule has 1 fully saturated rings. The van der Waals surface area contributed by atoms with E-state index in [4.69, 9.17) is 16.3 Å². The van der Waals surface area contributed by atoms with Crippen molar-refractivity contribution in [3.8, 4) is 17.2 Å². The molecule has 2 heterocycles. The molecule has 3 N–H and O–H groups in total. The van der Waals surface area contributed by atoms with Crippen molar-refractivity contribution in [1.82, 2.24) is 4.90 Å². The van der Waals surface area contributed by atoms with Gasteiger partial charge in [-0.25, -0.2) is 0 Å². The lowest BCUT2D eigenvalue weighted by Crippen LogP contribution is -2.40. The van der Waals surface area contributed by atoms with Gasteiger partial charge in [0.15, 0.2) is 5.78 Å². The summed E-state index contributed by atoms with van der Waals surface area (Å²) in [6, 6.07) is 8.28. The van der Waals surface area contributed by atoms with Crippen LogP contribution in [0.3, 0.4) is 0 Å². The number of likely N-dealkylation sites (N-methyl/N-ethyl adjacent to an activating group) is 1. The zero-order valence-corrected chi connectivity index (χ0v) is 16.2. The lowest BCUT2D eigenvalue weighted by molar-refractivity contribution is 0.0650. The highest BCUT2D eigenvalue weighted by Gasteiger charge is 2.39. The van der Waals surface area contributed by atoms with Gasteiger partial charge >= 0.3 is 0 Å². The summed E-state index contributed by atoms with van der Waals surface area (Å²) in [5, 5.41) is 31.9. The number of phenols is 2. The normalized spacial score (nSPS) is 25.2. The van der Waals surface area contributed by atoms with Crippen molar-refractivity contribution in [3.63, 3.8) is 0 Å². The van der Waals surface area contributed by atoms with Gasteiger partial charge in [-0.3, -0.25) is 4.79 Å². The van der Waals surface area contributed by atoms with Crippen LogP contribution in [0.1, 0.15) is 46.3 Å². The Morgan fingerprint density at radius 3 is 2.71 bits per heavy atom. The van der Waals surface area contributed by atoms with E-state index in [1.54, 1.807) is 18.2 Å². The maximum Gasteiger partial charge on any atom is 0.174 e. The molecule has 2 aromatic carbocycles. The highest BCUT2D eigenvalue weighted by molar-refractivity contribution is 6.31. The molecule has 1 unspecified atom stereocenters. The Hall–Kier alpha value is -2.28. The number of hydrogen-bond acceptors (Lipinski definition) is 6. The fourth-order valence-electron chi connectivity index (χ4n) is 4.15. The molecule has 0 radical (unpaired) electrons. The first-order valence-corrected chi connectivity index (χ1v) is 9.64. The van der Waals surface area contributed by atoms with Crippen LogP contribution in [0.5, 0.6) is 17.2 Å². The van der Waals surface area contributed by atoms with Gasteiger partial charge < -0.3 is 25.0 Å². The highest BCUT2D eigenvalue weighted by Crippen LogP contribution is 2.49. The topological polar surface area (TPSA) is 90.2 Å². The fourth-order valence-corrected chi connectivity index (χ4v) is 4.40. The molecular formula is C21H22ClNO5. The first-order valence-electron chi connectivity index (χ1n) is 9.26. The molecule has 0 aromatic heterocycles. The second kappa shape index (κ2) is 7.28. The van der Waals surface area contributed by atoms with Gasteiger partial charge in [-0.1, -0.05) is 29.8 Å². The van der Waals surface area contributed by atoms with Crippen LogP contribution < -0.4 is 4.74 Å². The Kier molecular flexibility index (Phi) is 4.95. The number of ether oxygens (including phenoxy) is 1. The number of nitrogens with zero attached hydrogens (tertiary/aromatic N) is 1. The van der Waals surface area contributed by atoms with Crippen molar-refractivity contribution >= 4 is 17.4 Å². The molecule has 0 spiro atoms. The molecule has 0 aliphatic carbocycles. The van der Waals surface area contributed by atoms with Crippen molar-refractivity contribution in [2.75, 3.05) is 20.1 Å². The Morgan fingerprint density at radius 1 is 1.21 bits per heavy atom. The van der Waals surface area contributed by atoms with Gasteiger partial charge in [-0.15, -0.1) is 0 Å². The Labute approximate surface area is 167 Å². The number of piperidine rings is 1. The highest BCUT2D eigenvalue weighted by atomic mass is 35.5. The van der Waals surface area contributed by atoms with Gasteiger partial charge in [0, 0.05) is 41.2 Å². The molecule has 0 amide bonds. The number of halogens is 1. The predicted octanol–water partition coefficient (Wildman–Crippen LogP) is 3.24. The minimum absolute atomic E-state index is 0.0294. The number of likely N-dealkylation sites (tertiary alicyclic amines) is 1. The molecule has 6 nitrogen and oxygen atoms in total. The summed E-state index contributed by atoms with van der Waals surface area (Å²) in [4.78, 5) is 14.9. The number of aliphatic hydroxyl groups excluding tert-OH is 1. The van der Waals surface area contributed by atoms with E-state index in [2.05, 4.69) is 0 Å². The summed E-state index contributed by atoms with van der Waals surface area (Å²) < 4.78 is 6.14. The van der Waals surface area contributed by atoms with E-state index in [1.165, 1.54) is 0 Å². The van der Waals surface area contributed by atoms with Crippen LogP contribution in [0.4, 0.5) is 0 Å². The minimum atomic E-state index is -0.685. The largest absolute Gasteiger partial charge is 0.507 e. The van der Waals surface area contributed by atoms with Gasteiger partial charge in [-0.2, -0.15) is 0 Å². The van der Waals surface area contributed by atoms with E-state index >= 15 is 0 Å². The minimum Gasteiger partial charge on any atom is -0.507 e. The van der Waals surface area contributed by atoms with Crippen LogP contribution in [0.15, 0.2) is 30.3 Å². The zero-order valence-electron chi connectivity index (χ0n) is 15.4. The molecule has 1 saturated heterocycles. The van der Waals surface area contributed by atoms with E-state index in [0.717, 1.165) is 12.6 Å². The summed E-state index contributed by atoms with van der Waals surface area (Å²) in [6.45, 7) is 1.24. The van der Waals surface area contributed by atoms with Crippen molar-refractivity contribution in [1.29, 1.82) is 0 Å². The zero-order chi connectivity index (χ0) is 20.0. The second-order valence-electron chi connectivity index (χ2n) is 7.51. The van der Waals surface area contributed by atoms with Crippen molar-refractivity contribution in [2.24, 2.45) is 0 Å². The third-order valence-electron chi connectivity index (χ3n) is 5.59. The average Bonchev–Trinajstić information content (AvgIpc) is 2.64. The maximum absolute atomic E-state index is 12.9. The number of carbonyl (C=O) groups is 1. The summed E-state index contributed by atoms with van der Waals surface area (Å²) in [5.41, 5.74) is 1.08. The number of phenolic OH excluding ortho intramolecular Hbond substituents is 2. The Morgan fingerprint density at radius 2 is 1.96 bits per heavy atom. The number of ketones is 1. The van der Waals surface area contributed by atoms with E-state index in [-0.39, 0.29) is 35.0 Å². The molecule has 148 valence electrons. The van der Waals surface area contributed by atoms with Crippen LogP contribution in [0.2, 0.25) is 5.02 Å². The van der Waals surface area contributed by atoms with E-state index < -0.39 is 18.1 Å². The van der Waals surface area contributed by atoms with Crippen LogP contribution >= 0.6 is 11.6 Å². The maximum atomic E-state index is 12.9. The second-order valence-corrected chi connectivity index (χ2v) is 7.92. The van der Waals surface area contributed by atoms with Gasteiger partial charge in [0.25, 0.3) is 0 Å². The molecule has 3 atom stereocenters. The molecule has 28 heavy (non-hydrogen) atoms. The van der Waals surface area contributed by atoms with Crippen molar-refractivity contribution in [2.45, 2.75) is 31.0 Å². The number of rotatable bonds is 2. The van der Waals surface area contributed by atoms with E-state index in [0.29, 0.717) is 29.1 Å². The summed E-state index contributed by atoms with van der Waals surface area (Å²) in [5.74, 6) is -1.10. The number of fused-ring (bicyclic) bond motifs is 1. The quantitative estimate of drug-likeness (QED) is 0.713. The average molecular weight is 404 g/mol. The summed E-state index contributed by atoms with van der Waals surface area (Å²) in [6.07, 6.45) is -0.748.